The molecule has 0 unspecified atom stereocenters. The Balaban J connectivity index is 2.18. The van der Waals surface area contributed by atoms with Gasteiger partial charge in [0.05, 0.1) is 24.2 Å². The van der Waals surface area contributed by atoms with Gasteiger partial charge >= 0.3 is 0 Å². The van der Waals surface area contributed by atoms with E-state index in [4.69, 9.17) is 13.1 Å². The lowest BCUT2D eigenvalue weighted by Gasteiger charge is -2.12. The molecule has 0 bridgehead atoms. The number of rotatable bonds is 0. The Kier molecular flexibility index (Phi) is 2.89. The predicted molar refractivity (Wildman–Crippen MR) is 105 cm³/mol. The van der Waals surface area contributed by atoms with Crippen LogP contribution in [-0.4, -0.2) is 9.97 Å². The topological polar surface area (TPSA) is 34.5 Å². The molecule has 5 aromatic rings. The van der Waals surface area contributed by atoms with Gasteiger partial charge in [-0.1, -0.05) is 48.5 Å². The molecular weight excluding hydrogens is 320 g/mol. The molecule has 0 spiro atoms. The van der Waals surface area contributed by atoms with Gasteiger partial charge in [0.1, 0.15) is 0 Å². The fourth-order valence-corrected chi connectivity index (χ4v) is 3.64. The average molecular weight is 330 g/mol. The van der Waals surface area contributed by atoms with Gasteiger partial charge < -0.3 is 0 Å². The predicted octanol–water partition coefficient (Wildman–Crippen LogP) is 6.19. The van der Waals surface area contributed by atoms with E-state index < -0.39 is 0 Å². The third-order valence-electron chi connectivity index (χ3n) is 4.76. The largest absolute Gasteiger partial charge is 0.252 e. The molecule has 1 heterocycles. The molecule has 0 aliphatic carbocycles. The van der Waals surface area contributed by atoms with E-state index in [1.807, 2.05) is 12.1 Å². The molecule has 26 heavy (non-hydrogen) atoms. The van der Waals surface area contributed by atoms with E-state index in [0.29, 0.717) is 11.4 Å². The molecular formula is C22H10N4. The summed E-state index contributed by atoms with van der Waals surface area (Å²) in [5.41, 5.74) is 2.29. The van der Waals surface area contributed by atoms with Crippen LogP contribution in [0.25, 0.3) is 53.0 Å². The zero-order chi connectivity index (χ0) is 17.7. The molecule has 0 aliphatic heterocycles. The molecule has 0 radical (unpaired) electrons. The van der Waals surface area contributed by atoms with Gasteiger partial charge in [-0.2, -0.15) is 0 Å². The molecule has 1 aromatic heterocycles. The highest BCUT2D eigenvalue weighted by atomic mass is 14.8. The molecule has 0 amide bonds. The summed E-state index contributed by atoms with van der Waals surface area (Å²) in [4.78, 5) is 16.2. The minimum Gasteiger partial charge on any atom is -0.252 e. The Morgan fingerprint density at radius 2 is 1.35 bits per heavy atom. The SMILES string of the molecule is [C-]#[N+]c1cc2c(cc1[N+]#[C-])c1nccnc1c1c3ccccc3ccc21. The molecule has 4 nitrogen and oxygen atoms in total. The smallest absolute Gasteiger partial charge is 0.195 e. The minimum atomic E-state index is 0.347. The van der Waals surface area contributed by atoms with E-state index in [2.05, 4.69) is 43.9 Å². The van der Waals surface area contributed by atoms with Crippen molar-refractivity contribution in [1.29, 1.82) is 0 Å². The number of benzene rings is 4. The molecule has 0 N–H and O–H groups in total. The van der Waals surface area contributed by atoms with E-state index in [0.717, 1.165) is 43.4 Å². The monoisotopic (exact) mass is 330 g/mol. The van der Waals surface area contributed by atoms with Gasteiger partial charge in [0.2, 0.25) is 0 Å². The van der Waals surface area contributed by atoms with Crippen LogP contribution in [0.15, 0.2) is 60.9 Å². The molecule has 118 valence electrons. The molecule has 4 aromatic carbocycles. The molecule has 0 saturated carbocycles. The summed E-state index contributed by atoms with van der Waals surface area (Å²) >= 11 is 0. The van der Waals surface area contributed by atoms with E-state index in [-0.39, 0.29) is 0 Å². The van der Waals surface area contributed by atoms with Crippen molar-refractivity contribution in [2.45, 2.75) is 0 Å². The minimum absolute atomic E-state index is 0.347. The normalized spacial score (nSPS) is 11.0. The number of fused-ring (bicyclic) bond motifs is 8. The van der Waals surface area contributed by atoms with E-state index >= 15 is 0 Å². The molecule has 5 rings (SSSR count). The van der Waals surface area contributed by atoms with Gasteiger partial charge in [-0.25, -0.2) is 0 Å². The Bertz CT molecular complexity index is 1450. The third-order valence-corrected chi connectivity index (χ3v) is 4.76. The van der Waals surface area contributed by atoms with Crippen LogP contribution in [0.4, 0.5) is 11.4 Å². The van der Waals surface area contributed by atoms with Crippen molar-refractivity contribution in [3.63, 3.8) is 0 Å². The van der Waals surface area contributed by atoms with E-state index in [9.17, 15) is 0 Å². The highest BCUT2D eigenvalue weighted by molar-refractivity contribution is 6.30. The number of hydrogen-bond donors (Lipinski definition) is 0. The van der Waals surface area contributed by atoms with Crippen LogP contribution >= 0.6 is 0 Å². The van der Waals surface area contributed by atoms with Crippen molar-refractivity contribution in [3.05, 3.63) is 83.8 Å². The summed E-state index contributed by atoms with van der Waals surface area (Å²) in [5.74, 6) is 0. The third kappa shape index (κ3) is 1.81. The summed E-state index contributed by atoms with van der Waals surface area (Å²) in [6, 6.07) is 15.9. The first-order valence-electron chi connectivity index (χ1n) is 8.08. The molecule has 0 fully saturated rings. The van der Waals surface area contributed by atoms with Crippen LogP contribution in [0, 0.1) is 13.1 Å². The van der Waals surface area contributed by atoms with Gasteiger partial charge in [0.15, 0.2) is 11.4 Å². The number of aromatic nitrogens is 2. The van der Waals surface area contributed by atoms with Crippen molar-refractivity contribution >= 4 is 54.7 Å². The maximum atomic E-state index is 7.42. The van der Waals surface area contributed by atoms with Gasteiger partial charge in [0.25, 0.3) is 0 Å². The fraction of sp³-hybridized carbons (Fsp3) is 0. The van der Waals surface area contributed by atoms with Crippen LogP contribution in [0.3, 0.4) is 0 Å². The molecule has 0 atom stereocenters. The summed E-state index contributed by atoms with van der Waals surface area (Å²) in [7, 11) is 0. The van der Waals surface area contributed by atoms with Gasteiger partial charge in [-0.3, -0.25) is 19.7 Å². The second-order valence-corrected chi connectivity index (χ2v) is 6.07. The average Bonchev–Trinajstić information content (AvgIpc) is 2.72. The molecule has 4 heteroatoms. The van der Waals surface area contributed by atoms with Crippen molar-refractivity contribution in [2.75, 3.05) is 0 Å². The number of nitrogens with zero attached hydrogens (tertiary/aromatic N) is 4. The standard InChI is InChI=1S/C22H10N4/c1-23-18-11-16-15-8-7-13-5-3-4-6-14(13)20(15)22-21(25-9-10-26-22)17(16)12-19(18)24-2/h3-12H. The van der Waals surface area contributed by atoms with E-state index in [1.54, 1.807) is 24.5 Å². The maximum absolute atomic E-state index is 7.42. The first-order chi connectivity index (χ1) is 12.8. The number of hydrogen-bond acceptors (Lipinski definition) is 2. The van der Waals surface area contributed by atoms with E-state index in [1.165, 1.54) is 0 Å². The highest BCUT2D eigenvalue weighted by Gasteiger charge is 2.15. The van der Waals surface area contributed by atoms with Crippen molar-refractivity contribution in [1.82, 2.24) is 9.97 Å². The summed E-state index contributed by atoms with van der Waals surface area (Å²) < 4.78 is 0. The Labute approximate surface area is 149 Å². The van der Waals surface area contributed by atoms with Crippen LogP contribution in [0.5, 0.6) is 0 Å². The first-order valence-corrected chi connectivity index (χ1v) is 8.08. The summed E-state index contributed by atoms with van der Waals surface area (Å²) in [6.45, 7) is 14.8. The maximum Gasteiger partial charge on any atom is 0.195 e. The lowest BCUT2D eigenvalue weighted by atomic mass is 9.94. The highest BCUT2D eigenvalue weighted by Crippen LogP contribution is 2.41. The summed E-state index contributed by atoms with van der Waals surface area (Å²) in [6.07, 6.45) is 3.36. The Morgan fingerprint density at radius 1 is 0.654 bits per heavy atom. The van der Waals surface area contributed by atoms with Gasteiger partial charge in [0, 0.05) is 17.8 Å². The first kappa shape index (κ1) is 14.3. The van der Waals surface area contributed by atoms with Crippen LogP contribution < -0.4 is 0 Å². The van der Waals surface area contributed by atoms with Crippen molar-refractivity contribution in [3.8, 4) is 0 Å². The van der Waals surface area contributed by atoms with Crippen LogP contribution in [-0.2, 0) is 0 Å². The quantitative estimate of drug-likeness (QED) is 0.250. The zero-order valence-corrected chi connectivity index (χ0v) is 13.6. The fourth-order valence-electron chi connectivity index (χ4n) is 3.64. The summed E-state index contributed by atoms with van der Waals surface area (Å²) in [5, 5.41) is 6.08. The molecule has 0 aliphatic rings. The molecule has 0 saturated heterocycles. The Hall–Kier alpha value is -4.02. The van der Waals surface area contributed by atoms with Crippen LogP contribution in [0.2, 0.25) is 0 Å². The lowest BCUT2D eigenvalue weighted by molar-refractivity contribution is 1.31. The van der Waals surface area contributed by atoms with Crippen LogP contribution in [0.1, 0.15) is 0 Å². The van der Waals surface area contributed by atoms with Gasteiger partial charge in [-0.05, 0) is 26.9 Å². The van der Waals surface area contributed by atoms with Crippen molar-refractivity contribution < 1.29 is 0 Å². The van der Waals surface area contributed by atoms with Gasteiger partial charge in [-0.15, -0.1) is 0 Å². The zero-order valence-electron chi connectivity index (χ0n) is 13.6. The second-order valence-electron chi connectivity index (χ2n) is 6.07. The Morgan fingerprint density at radius 3 is 2.12 bits per heavy atom. The lowest BCUT2D eigenvalue weighted by Crippen LogP contribution is -1.89. The van der Waals surface area contributed by atoms with Crippen molar-refractivity contribution in [2.24, 2.45) is 0 Å². The second kappa shape index (κ2) is 5.24.